The predicted octanol–water partition coefficient (Wildman–Crippen LogP) is 2.52. The molecule has 0 radical (unpaired) electrons. The molecular weight excluding hydrogens is 370 g/mol. The third-order valence-electron chi connectivity index (χ3n) is 5.07. The van der Waals surface area contributed by atoms with Crippen LogP contribution in [0.15, 0.2) is 48.7 Å². The number of nitrogens with zero attached hydrogens (tertiary/aromatic N) is 1. The van der Waals surface area contributed by atoms with Gasteiger partial charge in [0.15, 0.2) is 11.7 Å². The highest BCUT2D eigenvalue weighted by Crippen LogP contribution is 2.25. The summed E-state index contributed by atoms with van der Waals surface area (Å²) in [5.74, 6) is 0.0161. The Bertz CT molecular complexity index is 956. The van der Waals surface area contributed by atoms with Crippen molar-refractivity contribution in [3.63, 3.8) is 0 Å². The monoisotopic (exact) mass is 396 g/mol. The summed E-state index contributed by atoms with van der Waals surface area (Å²) in [5.41, 5.74) is 1.28. The molecule has 0 saturated carbocycles. The maximum atomic E-state index is 12.4. The van der Waals surface area contributed by atoms with E-state index in [9.17, 15) is 4.79 Å². The first kappa shape index (κ1) is 19.1. The van der Waals surface area contributed by atoms with Crippen LogP contribution in [0.1, 0.15) is 24.3 Å². The number of nitrogens with one attached hydrogen (secondary N) is 2. The van der Waals surface area contributed by atoms with Crippen molar-refractivity contribution in [2.24, 2.45) is 0 Å². The number of amides is 1. The van der Waals surface area contributed by atoms with E-state index in [1.54, 1.807) is 11.3 Å². The van der Waals surface area contributed by atoms with E-state index in [4.69, 9.17) is 4.74 Å². The lowest BCUT2D eigenvalue weighted by Crippen LogP contribution is -3.16. The van der Waals surface area contributed by atoms with Crippen LogP contribution in [0.5, 0.6) is 0 Å². The minimum atomic E-state index is 0.0161. The van der Waals surface area contributed by atoms with E-state index < -0.39 is 0 Å². The van der Waals surface area contributed by atoms with E-state index in [-0.39, 0.29) is 18.1 Å². The van der Waals surface area contributed by atoms with Crippen LogP contribution >= 0.6 is 11.3 Å². The Hall–Kier alpha value is -2.28. The molecule has 2 aromatic carbocycles. The molecule has 0 spiro atoms. The summed E-state index contributed by atoms with van der Waals surface area (Å²) in [4.78, 5) is 19.2. The molecule has 4 rings (SSSR count). The van der Waals surface area contributed by atoms with Crippen LogP contribution < -0.4 is 10.2 Å². The zero-order valence-electron chi connectivity index (χ0n) is 16.3. The van der Waals surface area contributed by atoms with Crippen molar-refractivity contribution in [2.45, 2.75) is 32.5 Å². The lowest BCUT2D eigenvalue weighted by Gasteiger charge is -2.31. The number of fused-ring (bicyclic) bond motifs is 1. The normalized spacial score (nSPS) is 22.3. The van der Waals surface area contributed by atoms with Gasteiger partial charge in [0, 0.05) is 17.5 Å². The van der Waals surface area contributed by atoms with Crippen molar-refractivity contribution < 1.29 is 14.4 Å². The fourth-order valence-corrected chi connectivity index (χ4v) is 4.86. The van der Waals surface area contributed by atoms with Gasteiger partial charge in [0.1, 0.15) is 25.3 Å². The molecule has 0 bridgehead atoms. The molecule has 2 N–H and O–H groups in total. The molecule has 2 heterocycles. The highest BCUT2D eigenvalue weighted by Gasteiger charge is 2.27. The number of aromatic nitrogens is 1. The number of morpholine rings is 1. The summed E-state index contributed by atoms with van der Waals surface area (Å²) >= 11 is 1.55. The van der Waals surface area contributed by atoms with Gasteiger partial charge in [-0.15, -0.1) is 11.3 Å². The molecule has 3 aromatic rings. The predicted molar refractivity (Wildman–Crippen MR) is 113 cm³/mol. The molecule has 0 unspecified atom stereocenters. The lowest BCUT2D eigenvalue weighted by atomic mass is 10.0. The topological polar surface area (TPSA) is 55.7 Å². The van der Waals surface area contributed by atoms with Crippen LogP contribution in [0.4, 0.5) is 5.13 Å². The number of hydrogen-bond donors (Lipinski definition) is 2. The number of ether oxygens (including phenoxy) is 1. The van der Waals surface area contributed by atoms with Crippen molar-refractivity contribution in [2.75, 3.05) is 25.0 Å². The molecule has 1 fully saturated rings. The van der Waals surface area contributed by atoms with Gasteiger partial charge in [0.2, 0.25) is 0 Å². The van der Waals surface area contributed by atoms with E-state index in [0.29, 0.717) is 11.7 Å². The first-order chi connectivity index (χ1) is 13.6. The third kappa shape index (κ3) is 4.58. The largest absolute Gasteiger partial charge is 0.364 e. The molecule has 0 aliphatic carbocycles. The summed E-state index contributed by atoms with van der Waals surface area (Å²) in [6, 6.07) is 14.8. The summed E-state index contributed by atoms with van der Waals surface area (Å²) < 4.78 is 5.74. The molecule has 1 aliphatic heterocycles. The first-order valence-electron chi connectivity index (χ1n) is 9.77. The van der Waals surface area contributed by atoms with E-state index in [1.807, 2.05) is 6.20 Å². The average molecular weight is 397 g/mol. The number of anilines is 1. The third-order valence-corrected chi connectivity index (χ3v) is 5.98. The zero-order chi connectivity index (χ0) is 19.5. The quantitative estimate of drug-likeness (QED) is 0.697. The molecule has 1 aromatic heterocycles. The smallest absolute Gasteiger partial charge is 0.281 e. The number of benzene rings is 2. The highest BCUT2D eigenvalue weighted by molar-refractivity contribution is 7.15. The molecular formula is C22H26N3O2S+. The van der Waals surface area contributed by atoms with Gasteiger partial charge in [-0.25, -0.2) is 4.98 Å². The van der Waals surface area contributed by atoms with Crippen LogP contribution in [0, 0.1) is 0 Å². The van der Waals surface area contributed by atoms with Crippen molar-refractivity contribution in [3.05, 3.63) is 59.1 Å². The minimum absolute atomic E-state index is 0.0161. The first-order valence-corrected chi connectivity index (χ1v) is 10.6. The number of carbonyl (C=O) groups excluding carboxylic acids is 1. The summed E-state index contributed by atoms with van der Waals surface area (Å²) in [5, 5.41) is 6.16. The van der Waals surface area contributed by atoms with Crippen molar-refractivity contribution in [1.29, 1.82) is 0 Å². The summed E-state index contributed by atoms with van der Waals surface area (Å²) in [6.45, 7) is 6.31. The molecule has 28 heavy (non-hydrogen) atoms. The van der Waals surface area contributed by atoms with Gasteiger partial charge in [0.25, 0.3) is 5.91 Å². The SMILES string of the molecule is C[C@@H]1C[NH+](CC(=O)Nc2ncc(Cc3cccc4ccccc34)s2)C[C@@H](C)O1. The fourth-order valence-electron chi connectivity index (χ4n) is 4.01. The van der Waals surface area contributed by atoms with Gasteiger partial charge in [-0.1, -0.05) is 42.5 Å². The van der Waals surface area contributed by atoms with Crippen LogP contribution in [0.2, 0.25) is 0 Å². The van der Waals surface area contributed by atoms with Gasteiger partial charge in [-0.05, 0) is 30.2 Å². The Labute approximate surface area is 169 Å². The Morgan fingerprint density at radius 3 is 2.75 bits per heavy atom. The Morgan fingerprint density at radius 2 is 1.93 bits per heavy atom. The molecule has 2 atom stereocenters. The minimum Gasteiger partial charge on any atom is -0.364 e. The van der Waals surface area contributed by atoms with E-state index in [2.05, 4.69) is 66.6 Å². The van der Waals surface area contributed by atoms with Gasteiger partial charge in [0.05, 0.1) is 0 Å². The standard InChI is InChI=1S/C22H25N3O2S/c1-15-12-25(13-16(2)27-15)14-21(26)24-22-23-11-19(28-22)10-18-8-5-7-17-6-3-4-9-20(17)18/h3-9,11,15-16H,10,12-14H2,1-2H3,(H,23,24,26)/p+1/t15-,16-/m1/s1. The molecule has 1 aliphatic rings. The van der Waals surface area contributed by atoms with Gasteiger partial charge in [-0.2, -0.15) is 0 Å². The fraction of sp³-hybridized carbons (Fsp3) is 0.364. The van der Waals surface area contributed by atoms with Gasteiger partial charge >= 0.3 is 0 Å². The Balaban J connectivity index is 1.38. The Morgan fingerprint density at radius 1 is 1.18 bits per heavy atom. The van der Waals surface area contributed by atoms with Crippen molar-refractivity contribution in [3.8, 4) is 0 Å². The zero-order valence-corrected chi connectivity index (χ0v) is 17.1. The highest BCUT2D eigenvalue weighted by atomic mass is 32.1. The number of thiazole rings is 1. The molecule has 146 valence electrons. The van der Waals surface area contributed by atoms with Crippen molar-refractivity contribution >= 4 is 33.1 Å². The van der Waals surface area contributed by atoms with Crippen LogP contribution in [-0.2, 0) is 16.0 Å². The molecule has 1 saturated heterocycles. The second-order valence-corrected chi connectivity index (χ2v) is 8.70. The number of quaternary nitrogens is 1. The van der Waals surface area contributed by atoms with E-state index in [1.165, 1.54) is 21.2 Å². The van der Waals surface area contributed by atoms with Crippen LogP contribution in [0.25, 0.3) is 10.8 Å². The molecule has 6 heteroatoms. The van der Waals surface area contributed by atoms with Crippen molar-refractivity contribution in [1.82, 2.24) is 4.98 Å². The second-order valence-electron chi connectivity index (χ2n) is 7.59. The van der Waals surface area contributed by atoms with E-state index in [0.717, 1.165) is 24.4 Å². The lowest BCUT2D eigenvalue weighted by molar-refractivity contribution is -0.907. The molecule has 1 amide bonds. The van der Waals surface area contributed by atoms with E-state index >= 15 is 0 Å². The summed E-state index contributed by atoms with van der Waals surface area (Å²) in [6.07, 6.45) is 3.07. The average Bonchev–Trinajstić information content (AvgIpc) is 3.08. The number of hydrogen-bond acceptors (Lipinski definition) is 4. The van der Waals surface area contributed by atoms with Gasteiger partial charge in [-0.3, -0.25) is 10.1 Å². The van der Waals surface area contributed by atoms with Crippen LogP contribution in [-0.4, -0.2) is 42.7 Å². The maximum Gasteiger partial charge on any atom is 0.281 e. The van der Waals surface area contributed by atoms with Crippen LogP contribution in [0.3, 0.4) is 0 Å². The Kier molecular flexibility index (Phi) is 5.71. The summed E-state index contributed by atoms with van der Waals surface area (Å²) in [7, 11) is 0. The number of carbonyl (C=O) groups is 1. The number of rotatable bonds is 5. The van der Waals surface area contributed by atoms with Gasteiger partial charge < -0.3 is 9.64 Å². The molecule has 5 nitrogen and oxygen atoms in total. The second kappa shape index (κ2) is 8.39. The maximum absolute atomic E-state index is 12.4.